The van der Waals surface area contributed by atoms with Gasteiger partial charge in [0.1, 0.15) is 12.4 Å². The molecule has 1 amide bonds. The van der Waals surface area contributed by atoms with Crippen LogP contribution in [0.15, 0.2) is 54.6 Å². The Labute approximate surface area is 141 Å². The molecule has 0 unspecified atom stereocenters. The number of anilines is 1. The third-order valence-electron chi connectivity index (χ3n) is 3.20. The van der Waals surface area contributed by atoms with Gasteiger partial charge in [0, 0.05) is 12.1 Å². The van der Waals surface area contributed by atoms with Crippen molar-refractivity contribution in [2.24, 2.45) is 0 Å². The van der Waals surface area contributed by atoms with E-state index in [1.807, 2.05) is 37.3 Å². The van der Waals surface area contributed by atoms with E-state index in [4.69, 9.17) is 9.47 Å². The average Bonchev–Trinajstić information content (AvgIpc) is 2.61. The van der Waals surface area contributed by atoms with Gasteiger partial charge in [0.15, 0.2) is 6.61 Å². The molecule has 5 nitrogen and oxygen atoms in total. The lowest BCUT2D eigenvalue weighted by Gasteiger charge is -2.09. The van der Waals surface area contributed by atoms with Gasteiger partial charge in [0.05, 0.1) is 0 Å². The van der Waals surface area contributed by atoms with Crippen molar-refractivity contribution in [2.75, 3.05) is 11.9 Å². The summed E-state index contributed by atoms with van der Waals surface area (Å²) in [6.45, 7) is 2.09. The van der Waals surface area contributed by atoms with E-state index in [9.17, 15) is 9.59 Å². The van der Waals surface area contributed by atoms with Gasteiger partial charge in [-0.3, -0.25) is 9.59 Å². The molecular formula is C19H21NO4. The van der Waals surface area contributed by atoms with Crippen molar-refractivity contribution in [3.05, 3.63) is 60.2 Å². The molecule has 0 atom stereocenters. The van der Waals surface area contributed by atoms with Crippen LogP contribution in [0, 0.1) is 0 Å². The molecule has 5 heteroatoms. The highest BCUT2D eigenvalue weighted by Gasteiger charge is 2.07. The van der Waals surface area contributed by atoms with Gasteiger partial charge < -0.3 is 14.8 Å². The zero-order chi connectivity index (χ0) is 17.2. The molecule has 0 aromatic heterocycles. The van der Waals surface area contributed by atoms with Gasteiger partial charge in [-0.1, -0.05) is 37.3 Å². The first-order valence-electron chi connectivity index (χ1n) is 7.89. The predicted octanol–water partition coefficient (Wildman–Crippen LogP) is 3.55. The topological polar surface area (TPSA) is 64.6 Å². The molecule has 0 fully saturated rings. The van der Waals surface area contributed by atoms with E-state index in [0.29, 0.717) is 30.9 Å². The number of ether oxygens (including phenoxy) is 2. The van der Waals surface area contributed by atoms with Crippen LogP contribution in [0.5, 0.6) is 5.75 Å². The van der Waals surface area contributed by atoms with Crippen LogP contribution in [-0.4, -0.2) is 18.5 Å². The van der Waals surface area contributed by atoms with Crippen molar-refractivity contribution in [3.63, 3.8) is 0 Å². The van der Waals surface area contributed by atoms with Crippen molar-refractivity contribution >= 4 is 17.6 Å². The van der Waals surface area contributed by atoms with E-state index < -0.39 is 0 Å². The largest absolute Gasteiger partial charge is 0.489 e. The number of hydrogen-bond acceptors (Lipinski definition) is 4. The Bertz CT molecular complexity index is 653. The monoisotopic (exact) mass is 327 g/mol. The summed E-state index contributed by atoms with van der Waals surface area (Å²) in [5, 5.41) is 2.67. The third kappa shape index (κ3) is 6.12. The first-order valence-corrected chi connectivity index (χ1v) is 7.89. The van der Waals surface area contributed by atoms with Crippen LogP contribution in [0.25, 0.3) is 0 Å². The SMILES string of the molecule is CCCC(=O)OCC(=O)Nc1ccc(OCc2ccccc2)cc1. The van der Waals surface area contributed by atoms with Crippen molar-refractivity contribution in [1.29, 1.82) is 0 Å². The van der Waals surface area contributed by atoms with E-state index in [-0.39, 0.29) is 18.5 Å². The fourth-order valence-corrected chi connectivity index (χ4v) is 1.99. The molecule has 0 aliphatic carbocycles. The highest BCUT2D eigenvalue weighted by molar-refractivity contribution is 5.92. The minimum absolute atomic E-state index is 0.273. The second-order valence-corrected chi connectivity index (χ2v) is 5.26. The molecular weight excluding hydrogens is 306 g/mol. The molecule has 2 aromatic carbocycles. The van der Waals surface area contributed by atoms with Gasteiger partial charge in [-0.2, -0.15) is 0 Å². The summed E-state index contributed by atoms with van der Waals surface area (Å²) in [6.07, 6.45) is 1.02. The lowest BCUT2D eigenvalue weighted by Crippen LogP contribution is -2.20. The lowest BCUT2D eigenvalue weighted by molar-refractivity contribution is -0.147. The Morgan fingerprint density at radius 2 is 1.71 bits per heavy atom. The molecule has 1 N–H and O–H groups in total. The van der Waals surface area contributed by atoms with Crippen molar-refractivity contribution in [3.8, 4) is 5.75 Å². The Morgan fingerprint density at radius 1 is 1.00 bits per heavy atom. The van der Waals surface area contributed by atoms with Crippen LogP contribution in [0.2, 0.25) is 0 Å². The number of hydrogen-bond donors (Lipinski definition) is 1. The van der Waals surface area contributed by atoms with E-state index in [1.54, 1.807) is 24.3 Å². The minimum atomic E-state index is -0.364. The Kier molecular flexibility index (Phi) is 6.83. The maximum atomic E-state index is 11.7. The summed E-state index contributed by atoms with van der Waals surface area (Å²) >= 11 is 0. The smallest absolute Gasteiger partial charge is 0.306 e. The van der Waals surface area contributed by atoms with E-state index >= 15 is 0 Å². The quantitative estimate of drug-likeness (QED) is 0.753. The third-order valence-corrected chi connectivity index (χ3v) is 3.20. The summed E-state index contributed by atoms with van der Waals surface area (Å²) in [5.74, 6) is -0.0130. The summed E-state index contributed by atoms with van der Waals surface area (Å²) in [5.41, 5.74) is 1.71. The summed E-state index contributed by atoms with van der Waals surface area (Å²) in [6, 6.07) is 16.9. The lowest BCUT2D eigenvalue weighted by atomic mass is 10.2. The summed E-state index contributed by atoms with van der Waals surface area (Å²) in [7, 11) is 0. The zero-order valence-corrected chi connectivity index (χ0v) is 13.7. The maximum absolute atomic E-state index is 11.7. The minimum Gasteiger partial charge on any atom is -0.489 e. The molecule has 0 bridgehead atoms. The summed E-state index contributed by atoms with van der Waals surface area (Å²) < 4.78 is 10.5. The summed E-state index contributed by atoms with van der Waals surface area (Å²) in [4.78, 5) is 22.9. The Hall–Kier alpha value is -2.82. The number of carbonyl (C=O) groups is 2. The second-order valence-electron chi connectivity index (χ2n) is 5.26. The van der Waals surface area contributed by atoms with Crippen LogP contribution in [0.3, 0.4) is 0 Å². The van der Waals surface area contributed by atoms with E-state index in [0.717, 1.165) is 5.56 Å². The fourth-order valence-electron chi connectivity index (χ4n) is 1.99. The normalized spacial score (nSPS) is 10.0. The number of rotatable bonds is 8. The van der Waals surface area contributed by atoms with Crippen molar-refractivity contribution in [2.45, 2.75) is 26.4 Å². The Balaban J connectivity index is 1.77. The molecule has 126 valence electrons. The zero-order valence-electron chi connectivity index (χ0n) is 13.7. The predicted molar refractivity (Wildman–Crippen MR) is 91.7 cm³/mol. The Morgan fingerprint density at radius 3 is 2.38 bits per heavy atom. The van der Waals surface area contributed by atoms with Gasteiger partial charge >= 0.3 is 5.97 Å². The molecule has 2 aromatic rings. The van der Waals surface area contributed by atoms with Gasteiger partial charge in [-0.25, -0.2) is 0 Å². The number of benzene rings is 2. The second kappa shape index (κ2) is 9.35. The van der Waals surface area contributed by atoms with Crippen LogP contribution in [-0.2, 0) is 20.9 Å². The number of esters is 1. The van der Waals surface area contributed by atoms with Gasteiger partial charge in [-0.15, -0.1) is 0 Å². The van der Waals surface area contributed by atoms with Gasteiger partial charge in [-0.05, 0) is 36.2 Å². The average molecular weight is 327 g/mol. The molecule has 0 aliphatic heterocycles. The number of nitrogens with one attached hydrogen (secondary N) is 1. The van der Waals surface area contributed by atoms with Crippen LogP contribution < -0.4 is 10.1 Å². The molecule has 24 heavy (non-hydrogen) atoms. The van der Waals surface area contributed by atoms with Crippen LogP contribution in [0.1, 0.15) is 25.3 Å². The van der Waals surface area contributed by atoms with Crippen molar-refractivity contribution in [1.82, 2.24) is 0 Å². The van der Waals surface area contributed by atoms with Crippen LogP contribution in [0.4, 0.5) is 5.69 Å². The van der Waals surface area contributed by atoms with Gasteiger partial charge in [0.25, 0.3) is 5.91 Å². The molecule has 2 rings (SSSR count). The highest BCUT2D eigenvalue weighted by atomic mass is 16.5. The highest BCUT2D eigenvalue weighted by Crippen LogP contribution is 2.17. The molecule has 0 aliphatic rings. The van der Waals surface area contributed by atoms with Gasteiger partial charge in [0.2, 0.25) is 0 Å². The molecule has 0 heterocycles. The van der Waals surface area contributed by atoms with Crippen molar-refractivity contribution < 1.29 is 19.1 Å². The number of amides is 1. The van der Waals surface area contributed by atoms with Crippen LogP contribution >= 0.6 is 0 Å². The van der Waals surface area contributed by atoms with E-state index in [1.165, 1.54) is 0 Å². The first kappa shape index (κ1) is 17.5. The maximum Gasteiger partial charge on any atom is 0.306 e. The standard InChI is InChI=1S/C19H21NO4/c1-2-6-19(22)24-14-18(21)20-16-9-11-17(12-10-16)23-13-15-7-4-3-5-8-15/h3-5,7-12H,2,6,13-14H2,1H3,(H,20,21). The van der Waals surface area contributed by atoms with E-state index in [2.05, 4.69) is 5.32 Å². The first-order chi connectivity index (χ1) is 11.7. The fraction of sp³-hybridized carbons (Fsp3) is 0.263. The molecule has 0 spiro atoms. The molecule has 0 radical (unpaired) electrons. The molecule has 0 saturated heterocycles. The molecule has 0 saturated carbocycles. The number of carbonyl (C=O) groups excluding carboxylic acids is 2.